The topological polar surface area (TPSA) is 91.2 Å². The molecule has 2 amide bonds. The van der Waals surface area contributed by atoms with Gasteiger partial charge in [0, 0.05) is 31.0 Å². The second-order valence-electron chi connectivity index (χ2n) is 9.29. The molecule has 37 heavy (non-hydrogen) atoms. The summed E-state index contributed by atoms with van der Waals surface area (Å²) >= 11 is 0. The van der Waals surface area contributed by atoms with Gasteiger partial charge in [0.25, 0.3) is 5.91 Å². The Morgan fingerprint density at radius 2 is 1.76 bits per heavy atom. The normalized spacial score (nSPS) is 17.0. The first-order valence-corrected chi connectivity index (χ1v) is 12.5. The summed E-state index contributed by atoms with van der Waals surface area (Å²) in [6.07, 6.45) is 0.388. The van der Waals surface area contributed by atoms with E-state index in [1.54, 1.807) is 4.90 Å². The van der Waals surface area contributed by atoms with Gasteiger partial charge in [-0.05, 0) is 47.7 Å². The molecule has 0 aliphatic carbocycles. The van der Waals surface area contributed by atoms with Gasteiger partial charge in [0.15, 0.2) is 0 Å². The fourth-order valence-corrected chi connectivity index (χ4v) is 4.72. The Morgan fingerprint density at radius 1 is 1.05 bits per heavy atom. The molecule has 1 aliphatic rings. The molecule has 3 aromatic rings. The fourth-order valence-electron chi connectivity index (χ4n) is 4.72. The number of benzene rings is 3. The zero-order valence-corrected chi connectivity index (χ0v) is 21.3. The number of amides is 2. The molecule has 1 heterocycles. The van der Waals surface area contributed by atoms with Crippen LogP contribution in [0, 0.1) is 6.92 Å². The number of likely N-dealkylation sites (tertiary alicyclic amines) is 1. The van der Waals surface area contributed by atoms with Crippen molar-refractivity contribution in [3.8, 4) is 11.1 Å². The largest absolute Gasteiger partial charge is 0.399 e. The van der Waals surface area contributed by atoms with E-state index >= 15 is 0 Å². The van der Waals surface area contributed by atoms with Crippen molar-refractivity contribution < 1.29 is 19.5 Å². The van der Waals surface area contributed by atoms with Crippen LogP contribution in [0.5, 0.6) is 0 Å². The van der Waals surface area contributed by atoms with Crippen molar-refractivity contribution in [1.82, 2.24) is 10.2 Å². The van der Waals surface area contributed by atoms with Crippen LogP contribution in [0.15, 0.2) is 84.0 Å². The predicted octanol–water partition coefficient (Wildman–Crippen LogP) is 4.51. The molecular formula is C30H33N3O4. The molecule has 1 saturated heterocycles. The van der Waals surface area contributed by atoms with Crippen molar-refractivity contribution in [2.75, 3.05) is 20.2 Å². The average molecular weight is 500 g/mol. The molecule has 2 N–H and O–H groups in total. The molecule has 0 spiro atoms. The number of aliphatic hydroxyl groups is 1. The number of carbonyl (C=O) groups is 2. The molecule has 7 heteroatoms. The Balaban J connectivity index is 1.39. The summed E-state index contributed by atoms with van der Waals surface area (Å²) in [4.78, 5) is 32.8. The van der Waals surface area contributed by atoms with E-state index in [0.717, 1.165) is 22.4 Å². The Hall–Kier alpha value is -3.97. The number of aliphatic hydroxyl groups excluding tert-OH is 1. The number of hydrogen-bond acceptors (Lipinski definition) is 5. The summed E-state index contributed by atoms with van der Waals surface area (Å²) < 4.78 is 0. The van der Waals surface area contributed by atoms with Gasteiger partial charge in [-0.2, -0.15) is 0 Å². The summed E-state index contributed by atoms with van der Waals surface area (Å²) in [5.74, 6) is -0.313. The number of hydrogen-bond donors (Lipinski definition) is 2. The lowest BCUT2D eigenvalue weighted by molar-refractivity contribution is -0.122. The Labute approximate surface area is 217 Å². The highest BCUT2D eigenvalue weighted by Crippen LogP contribution is 2.26. The lowest BCUT2D eigenvalue weighted by Gasteiger charge is -2.24. The lowest BCUT2D eigenvalue weighted by Crippen LogP contribution is -2.39. The lowest BCUT2D eigenvalue weighted by atomic mass is 9.99. The Morgan fingerprint density at radius 3 is 2.46 bits per heavy atom. The maximum Gasteiger partial charge on any atom is 0.254 e. The van der Waals surface area contributed by atoms with E-state index in [-0.39, 0.29) is 24.3 Å². The third-order valence-electron chi connectivity index (χ3n) is 6.68. The van der Waals surface area contributed by atoms with E-state index in [4.69, 9.17) is 4.84 Å². The number of rotatable bonds is 9. The van der Waals surface area contributed by atoms with Gasteiger partial charge in [0.05, 0.1) is 18.4 Å². The van der Waals surface area contributed by atoms with Crippen molar-refractivity contribution in [2.24, 2.45) is 5.16 Å². The number of aryl methyl sites for hydroxylation is 1. The van der Waals surface area contributed by atoms with Crippen molar-refractivity contribution in [3.63, 3.8) is 0 Å². The van der Waals surface area contributed by atoms with Gasteiger partial charge in [-0.3, -0.25) is 9.59 Å². The summed E-state index contributed by atoms with van der Waals surface area (Å²) in [7, 11) is 1.47. The number of carbonyl (C=O) groups excluding carboxylic acids is 2. The monoisotopic (exact) mass is 499 g/mol. The molecular weight excluding hydrogens is 466 g/mol. The minimum absolute atomic E-state index is 0.144. The maximum absolute atomic E-state index is 13.4. The third-order valence-corrected chi connectivity index (χ3v) is 6.68. The summed E-state index contributed by atoms with van der Waals surface area (Å²) in [5, 5.41) is 17.3. The Bertz CT molecular complexity index is 1240. The molecule has 0 aromatic heterocycles. The van der Waals surface area contributed by atoms with E-state index in [2.05, 4.69) is 29.5 Å². The van der Waals surface area contributed by atoms with Crippen LogP contribution in [-0.2, 0) is 9.63 Å². The zero-order chi connectivity index (χ0) is 26.2. The van der Waals surface area contributed by atoms with Crippen molar-refractivity contribution in [2.45, 2.75) is 38.3 Å². The first kappa shape index (κ1) is 26.1. The van der Waals surface area contributed by atoms with Crippen LogP contribution < -0.4 is 5.32 Å². The van der Waals surface area contributed by atoms with E-state index < -0.39 is 6.10 Å². The standard InChI is InChI=1S/C30H33N3O4/c1-21-8-6-7-11-27(21)22-12-14-24(15-13-22)30(36)33-20-25(32-37-2)18-26(33)19-29(35)31-17-16-28(34)23-9-4-3-5-10-23/h3-15,26,28,34H,16-20H2,1-2H3,(H,31,35)/t26-,28-/m0/s1. The first-order chi connectivity index (χ1) is 18.0. The average Bonchev–Trinajstić information content (AvgIpc) is 3.31. The fraction of sp³-hybridized carbons (Fsp3) is 0.300. The van der Waals surface area contributed by atoms with Crippen LogP contribution in [0.1, 0.15) is 46.9 Å². The van der Waals surface area contributed by atoms with E-state index in [0.29, 0.717) is 31.5 Å². The SMILES string of the molecule is CON=C1C[C@@H](CC(=O)NCC[C@H](O)c2ccccc2)N(C(=O)c2ccc(-c3ccccc3C)cc2)C1. The van der Waals surface area contributed by atoms with Gasteiger partial charge < -0.3 is 20.2 Å². The van der Waals surface area contributed by atoms with Gasteiger partial charge in [0.2, 0.25) is 5.91 Å². The van der Waals surface area contributed by atoms with Crippen LogP contribution in [-0.4, -0.2) is 53.8 Å². The molecule has 3 aromatic carbocycles. The second-order valence-corrected chi connectivity index (χ2v) is 9.29. The molecule has 192 valence electrons. The van der Waals surface area contributed by atoms with Gasteiger partial charge in [-0.15, -0.1) is 0 Å². The van der Waals surface area contributed by atoms with Gasteiger partial charge in [-0.1, -0.05) is 71.9 Å². The van der Waals surface area contributed by atoms with Crippen LogP contribution in [0.4, 0.5) is 0 Å². The third kappa shape index (κ3) is 6.62. The second kappa shape index (κ2) is 12.3. The maximum atomic E-state index is 13.4. The predicted molar refractivity (Wildman–Crippen MR) is 144 cm³/mol. The summed E-state index contributed by atoms with van der Waals surface area (Å²) in [5.41, 5.74) is 5.45. The minimum atomic E-state index is -0.644. The van der Waals surface area contributed by atoms with E-state index in [1.807, 2.05) is 66.7 Å². The van der Waals surface area contributed by atoms with Crippen molar-refractivity contribution >= 4 is 17.5 Å². The first-order valence-electron chi connectivity index (χ1n) is 12.5. The van der Waals surface area contributed by atoms with E-state index in [1.165, 1.54) is 12.7 Å². The van der Waals surface area contributed by atoms with Gasteiger partial charge >= 0.3 is 0 Å². The summed E-state index contributed by atoms with van der Waals surface area (Å²) in [6, 6.07) is 24.7. The van der Waals surface area contributed by atoms with Crippen molar-refractivity contribution in [3.05, 3.63) is 95.6 Å². The smallest absolute Gasteiger partial charge is 0.254 e. The highest BCUT2D eigenvalue weighted by molar-refractivity contribution is 6.01. The molecule has 0 radical (unpaired) electrons. The summed E-state index contributed by atoms with van der Waals surface area (Å²) in [6.45, 7) is 2.72. The Kier molecular flexibility index (Phi) is 8.69. The molecule has 2 atom stereocenters. The van der Waals surface area contributed by atoms with Crippen LogP contribution in [0.25, 0.3) is 11.1 Å². The van der Waals surface area contributed by atoms with Crippen molar-refractivity contribution in [1.29, 1.82) is 0 Å². The molecule has 0 unspecified atom stereocenters. The number of nitrogens with zero attached hydrogens (tertiary/aromatic N) is 2. The number of oxime groups is 1. The zero-order valence-electron chi connectivity index (χ0n) is 21.3. The molecule has 0 bridgehead atoms. The van der Waals surface area contributed by atoms with Gasteiger partial charge in [0.1, 0.15) is 7.11 Å². The van der Waals surface area contributed by atoms with Crippen LogP contribution >= 0.6 is 0 Å². The van der Waals surface area contributed by atoms with E-state index in [9.17, 15) is 14.7 Å². The highest BCUT2D eigenvalue weighted by atomic mass is 16.6. The van der Waals surface area contributed by atoms with Crippen LogP contribution in [0.3, 0.4) is 0 Å². The minimum Gasteiger partial charge on any atom is -0.399 e. The number of nitrogens with one attached hydrogen (secondary N) is 1. The molecule has 1 fully saturated rings. The van der Waals surface area contributed by atoms with Crippen LogP contribution in [0.2, 0.25) is 0 Å². The molecule has 7 nitrogen and oxygen atoms in total. The quantitative estimate of drug-likeness (QED) is 0.424. The molecule has 0 saturated carbocycles. The van der Waals surface area contributed by atoms with Gasteiger partial charge in [-0.25, -0.2) is 0 Å². The molecule has 4 rings (SSSR count). The highest BCUT2D eigenvalue weighted by Gasteiger charge is 2.35. The molecule has 1 aliphatic heterocycles.